The predicted octanol–water partition coefficient (Wildman–Crippen LogP) is 3.49. The summed E-state index contributed by atoms with van der Waals surface area (Å²) < 4.78 is 7.35. The number of pyridine rings is 2. The van der Waals surface area contributed by atoms with E-state index in [4.69, 9.17) is 10.5 Å². The summed E-state index contributed by atoms with van der Waals surface area (Å²) in [5.74, 6) is 6.73. The predicted molar refractivity (Wildman–Crippen MR) is 136 cm³/mol. The first-order chi connectivity index (χ1) is 17.5. The van der Waals surface area contributed by atoms with Crippen molar-refractivity contribution in [2.24, 2.45) is 7.05 Å². The molecule has 1 aliphatic carbocycles. The summed E-state index contributed by atoms with van der Waals surface area (Å²) in [6, 6.07) is 8.05. The van der Waals surface area contributed by atoms with Crippen LogP contribution in [0.4, 0.5) is 5.82 Å². The van der Waals surface area contributed by atoms with Crippen molar-refractivity contribution in [1.29, 1.82) is 0 Å². The fraction of sp³-hybridized carbons (Fsp3) is 0.286. The number of fused-ring (bicyclic) bond motifs is 3. The Bertz CT molecular complexity index is 1560. The van der Waals surface area contributed by atoms with E-state index in [2.05, 4.69) is 26.9 Å². The molecule has 0 unspecified atom stereocenters. The molecule has 3 aromatic heterocycles. The lowest BCUT2D eigenvalue weighted by Gasteiger charge is -2.23. The molecule has 1 aliphatic heterocycles. The molecular formula is C28H26N6O2. The van der Waals surface area contributed by atoms with Gasteiger partial charge in [-0.3, -0.25) is 14.5 Å². The number of nitrogen functional groups attached to an aromatic ring is 1. The van der Waals surface area contributed by atoms with E-state index in [1.54, 1.807) is 17.1 Å². The molecule has 1 saturated carbocycles. The van der Waals surface area contributed by atoms with Gasteiger partial charge in [-0.1, -0.05) is 11.8 Å². The Balaban J connectivity index is 1.26. The summed E-state index contributed by atoms with van der Waals surface area (Å²) in [5, 5.41) is 5.07. The van der Waals surface area contributed by atoms with Crippen LogP contribution in [0.2, 0.25) is 0 Å². The van der Waals surface area contributed by atoms with Crippen LogP contribution >= 0.6 is 0 Å². The minimum absolute atomic E-state index is 0.0173. The highest BCUT2D eigenvalue weighted by atomic mass is 16.5. The van der Waals surface area contributed by atoms with Crippen molar-refractivity contribution < 1.29 is 9.53 Å². The Hall–Kier alpha value is -4.22. The van der Waals surface area contributed by atoms with E-state index in [-0.39, 0.29) is 11.9 Å². The Morgan fingerprint density at radius 2 is 1.97 bits per heavy atom. The van der Waals surface area contributed by atoms with E-state index in [1.807, 2.05) is 49.3 Å². The number of nitrogens with zero attached hydrogens (tertiary/aromatic N) is 5. The minimum atomic E-state index is 0.0173. The third-order valence-corrected chi connectivity index (χ3v) is 6.77. The summed E-state index contributed by atoms with van der Waals surface area (Å²) in [4.78, 5) is 24.9. The van der Waals surface area contributed by atoms with Gasteiger partial charge >= 0.3 is 0 Å². The molecule has 180 valence electrons. The zero-order valence-electron chi connectivity index (χ0n) is 20.3. The molecule has 6 rings (SSSR count). The van der Waals surface area contributed by atoms with Crippen molar-refractivity contribution in [3.05, 3.63) is 81.9 Å². The molecule has 2 N–H and O–H groups in total. The van der Waals surface area contributed by atoms with Crippen molar-refractivity contribution in [2.45, 2.75) is 45.6 Å². The summed E-state index contributed by atoms with van der Waals surface area (Å²) in [5.41, 5.74) is 13.0. The fourth-order valence-electron chi connectivity index (χ4n) is 4.66. The Kier molecular flexibility index (Phi) is 5.42. The van der Waals surface area contributed by atoms with E-state index in [1.165, 1.54) is 0 Å². The average Bonchev–Trinajstić information content (AvgIpc) is 3.42. The van der Waals surface area contributed by atoms with Crippen molar-refractivity contribution in [2.75, 3.05) is 5.73 Å². The molecule has 2 aliphatic rings. The zero-order valence-corrected chi connectivity index (χ0v) is 20.3. The maximum Gasteiger partial charge on any atom is 0.254 e. The summed E-state index contributed by atoms with van der Waals surface area (Å²) in [6.45, 7) is 3.36. The number of rotatable bonds is 4. The summed E-state index contributed by atoms with van der Waals surface area (Å²) in [7, 11) is 1.86. The molecule has 8 heteroatoms. The number of hydrogen-bond donors (Lipinski definition) is 1. The Morgan fingerprint density at radius 1 is 1.17 bits per heavy atom. The van der Waals surface area contributed by atoms with E-state index >= 15 is 0 Å². The molecule has 1 aromatic carbocycles. The molecule has 0 radical (unpaired) electrons. The topological polar surface area (TPSA) is 99.2 Å². The first-order valence-corrected chi connectivity index (χ1v) is 12.0. The van der Waals surface area contributed by atoms with Gasteiger partial charge < -0.3 is 15.4 Å². The van der Waals surface area contributed by atoms with Gasteiger partial charge in [-0.2, -0.15) is 5.10 Å². The second-order valence-corrected chi connectivity index (χ2v) is 9.49. The van der Waals surface area contributed by atoms with Gasteiger partial charge in [-0.05, 0) is 55.2 Å². The molecular weight excluding hydrogens is 452 g/mol. The van der Waals surface area contributed by atoms with E-state index < -0.39 is 0 Å². The van der Waals surface area contributed by atoms with Gasteiger partial charge in [0.15, 0.2) is 0 Å². The maximum absolute atomic E-state index is 13.8. The van der Waals surface area contributed by atoms with E-state index in [0.717, 1.165) is 57.3 Å². The van der Waals surface area contributed by atoms with Crippen LogP contribution in [0.3, 0.4) is 0 Å². The van der Waals surface area contributed by atoms with Gasteiger partial charge in [-0.25, -0.2) is 4.98 Å². The molecule has 1 amide bonds. The summed E-state index contributed by atoms with van der Waals surface area (Å²) >= 11 is 0. The Morgan fingerprint density at radius 3 is 2.69 bits per heavy atom. The first kappa shape index (κ1) is 22.3. The van der Waals surface area contributed by atoms with Gasteiger partial charge in [-0.15, -0.1) is 0 Å². The monoisotopic (exact) mass is 478 g/mol. The van der Waals surface area contributed by atoms with Gasteiger partial charge in [0.1, 0.15) is 5.82 Å². The number of anilines is 1. The highest BCUT2D eigenvalue weighted by molar-refractivity contribution is 6.01. The molecule has 0 bridgehead atoms. The van der Waals surface area contributed by atoms with Crippen molar-refractivity contribution >= 4 is 22.6 Å². The minimum Gasteiger partial charge on any atom is -0.383 e. The average molecular weight is 479 g/mol. The van der Waals surface area contributed by atoms with Crippen LogP contribution in [-0.2, 0) is 31.5 Å². The number of aromatic nitrogens is 4. The number of benzene rings is 1. The third kappa shape index (κ3) is 4.18. The zero-order chi connectivity index (χ0) is 24.8. The van der Waals surface area contributed by atoms with Crippen LogP contribution in [0, 0.1) is 18.8 Å². The van der Waals surface area contributed by atoms with Gasteiger partial charge in [0.05, 0.1) is 42.7 Å². The number of carbonyl (C=O) groups is 1. The van der Waals surface area contributed by atoms with E-state index in [0.29, 0.717) is 31.1 Å². The second kappa shape index (κ2) is 8.77. The van der Waals surface area contributed by atoms with E-state index in [9.17, 15) is 4.79 Å². The largest absolute Gasteiger partial charge is 0.383 e. The maximum atomic E-state index is 13.8. The number of aryl methyl sites for hydroxylation is 2. The molecule has 0 spiro atoms. The van der Waals surface area contributed by atoms with Crippen LogP contribution in [0.25, 0.3) is 10.9 Å². The van der Waals surface area contributed by atoms with Crippen molar-refractivity contribution in [3.8, 4) is 11.8 Å². The van der Waals surface area contributed by atoms with Crippen molar-refractivity contribution in [1.82, 2.24) is 24.6 Å². The number of nitrogens with two attached hydrogens (primary N) is 1. The number of hydrogen-bond acceptors (Lipinski definition) is 6. The highest BCUT2D eigenvalue weighted by Gasteiger charge is 2.34. The molecule has 4 aromatic rings. The highest BCUT2D eigenvalue weighted by Crippen LogP contribution is 2.34. The molecule has 1 fully saturated rings. The number of ether oxygens (including phenoxy) is 1. The van der Waals surface area contributed by atoms with Crippen LogP contribution < -0.4 is 5.73 Å². The standard InChI is InChI=1S/C28H26N6O2/c1-17-9-26-23(24-15-36-16-25(24)27(29)32-26)10-22(17)28(35)34(21-7-8-21)14-20-6-5-18(11-30-20)3-4-19-12-31-33(2)13-19/h5-6,9-13,21H,7-8,14-16H2,1-2H3,(H2,29,32). The number of amides is 1. The fourth-order valence-corrected chi connectivity index (χ4v) is 4.66. The second-order valence-electron chi connectivity index (χ2n) is 9.49. The Labute approximate surface area is 209 Å². The third-order valence-electron chi connectivity index (χ3n) is 6.77. The quantitative estimate of drug-likeness (QED) is 0.451. The normalized spacial score (nSPS) is 14.4. The molecule has 8 nitrogen and oxygen atoms in total. The van der Waals surface area contributed by atoms with Crippen LogP contribution in [0.15, 0.2) is 42.9 Å². The van der Waals surface area contributed by atoms with Gasteiger partial charge in [0.2, 0.25) is 0 Å². The lowest BCUT2D eigenvalue weighted by molar-refractivity contribution is 0.0727. The lowest BCUT2D eigenvalue weighted by Crippen LogP contribution is -2.33. The summed E-state index contributed by atoms with van der Waals surface area (Å²) in [6.07, 6.45) is 7.38. The molecule has 4 heterocycles. The van der Waals surface area contributed by atoms with Crippen LogP contribution in [-0.4, -0.2) is 36.6 Å². The molecule has 0 saturated heterocycles. The van der Waals surface area contributed by atoms with Crippen LogP contribution in [0.1, 0.15) is 56.7 Å². The SMILES string of the molecule is Cc1cc2nc(N)c3c(c2cc1C(=O)N(Cc1ccc(C#Cc2cnn(C)c2)cn1)C1CC1)COC3. The van der Waals surface area contributed by atoms with Crippen LogP contribution in [0.5, 0.6) is 0 Å². The number of carbonyl (C=O) groups excluding carboxylic acids is 1. The molecule has 0 atom stereocenters. The lowest BCUT2D eigenvalue weighted by atomic mass is 9.98. The van der Waals surface area contributed by atoms with Crippen molar-refractivity contribution in [3.63, 3.8) is 0 Å². The van der Waals surface area contributed by atoms with Gasteiger partial charge in [0.25, 0.3) is 5.91 Å². The smallest absolute Gasteiger partial charge is 0.254 e. The first-order valence-electron chi connectivity index (χ1n) is 12.0. The molecule has 36 heavy (non-hydrogen) atoms. The van der Waals surface area contributed by atoms with Gasteiger partial charge in [0, 0.05) is 47.6 Å².